The molecule has 30 heavy (non-hydrogen) atoms. The molecule has 0 fully saturated rings. The van der Waals surface area contributed by atoms with Gasteiger partial charge in [0.1, 0.15) is 0 Å². The van der Waals surface area contributed by atoms with E-state index < -0.39 is 10.0 Å². The van der Waals surface area contributed by atoms with Crippen LogP contribution in [0.4, 0.5) is 0 Å². The van der Waals surface area contributed by atoms with Gasteiger partial charge in [0.15, 0.2) is 5.96 Å². The first-order valence-electron chi connectivity index (χ1n) is 10.9. The Bertz CT molecular complexity index is 759. The van der Waals surface area contributed by atoms with Crippen LogP contribution in [0.3, 0.4) is 0 Å². The molecular weight excluding hydrogens is 400 g/mol. The van der Waals surface area contributed by atoms with Gasteiger partial charge >= 0.3 is 0 Å². The molecule has 0 aliphatic heterocycles. The first-order valence-corrected chi connectivity index (χ1v) is 12.6. The number of aliphatic hydroxyl groups is 1. The van der Waals surface area contributed by atoms with Crippen molar-refractivity contribution in [3.63, 3.8) is 0 Å². The summed E-state index contributed by atoms with van der Waals surface area (Å²) >= 11 is 0. The number of nitrogens with one attached hydrogen (secondary N) is 3. The molecule has 0 aliphatic carbocycles. The van der Waals surface area contributed by atoms with Crippen LogP contribution >= 0.6 is 0 Å². The van der Waals surface area contributed by atoms with E-state index in [4.69, 9.17) is 0 Å². The van der Waals surface area contributed by atoms with Crippen LogP contribution in [-0.4, -0.2) is 45.2 Å². The molecule has 0 amide bonds. The fourth-order valence-corrected chi connectivity index (χ4v) is 4.91. The van der Waals surface area contributed by atoms with E-state index in [1.54, 1.807) is 0 Å². The lowest BCUT2D eigenvalue weighted by molar-refractivity contribution is 0.169. The van der Waals surface area contributed by atoms with E-state index in [-0.39, 0.29) is 23.8 Å². The van der Waals surface area contributed by atoms with Gasteiger partial charge in [-0.25, -0.2) is 18.1 Å². The van der Waals surface area contributed by atoms with E-state index in [0.717, 1.165) is 43.5 Å². The van der Waals surface area contributed by atoms with E-state index in [1.807, 2.05) is 45.0 Å². The van der Waals surface area contributed by atoms with Crippen molar-refractivity contribution >= 4 is 16.0 Å². The molecule has 0 unspecified atom stereocenters. The highest BCUT2D eigenvalue weighted by atomic mass is 32.2. The summed E-state index contributed by atoms with van der Waals surface area (Å²) in [5.74, 6) is 0.631. The summed E-state index contributed by atoms with van der Waals surface area (Å²) in [6.45, 7) is 11.9. The van der Waals surface area contributed by atoms with Crippen molar-refractivity contribution in [1.82, 2.24) is 15.4 Å². The molecule has 0 spiro atoms. The smallest absolute Gasteiger partial charge is 0.216 e. The van der Waals surface area contributed by atoms with Crippen molar-refractivity contribution in [3.8, 4) is 0 Å². The molecule has 1 rings (SSSR count). The summed E-state index contributed by atoms with van der Waals surface area (Å²) in [5, 5.41) is 16.1. The van der Waals surface area contributed by atoms with Crippen LogP contribution in [-0.2, 0) is 22.3 Å². The third-order valence-corrected chi connectivity index (χ3v) is 6.93. The Morgan fingerprint density at radius 2 is 1.73 bits per heavy atom. The van der Waals surface area contributed by atoms with Crippen LogP contribution in [0.2, 0.25) is 0 Å². The lowest BCUT2D eigenvalue weighted by Crippen LogP contribution is -2.43. The maximum atomic E-state index is 12.4. The van der Waals surface area contributed by atoms with E-state index >= 15 is 0 Å². The molecule has 8 heteroatoms. The van der Waals surface area contributed by atoms with Crippen molar-refractivity contribution in [3.05, 3.63) is 35.4 Å². The second-order valence-electron chi connectivity index (χ2n) is 8.03. The number of hydrogen-bond donors (Lipinski definition) is 4. The molecule has 0 heterocycles. The quantitative estimate of drug-likeness (QED) is 0.279. The highest BCUT2D eigenvalue weighted by Crippen LogP contribution is 2.29. The Morgan fingerprint density at radius 3 is 2.27 bits per heavy atom. The maximum absolute atomic E-state index is 12.4. The molecule has 0 atom stereocenters. The van der Waals surface area contributed by atoms with Gasteiger partial charge in [0.05, 0.1) is 12.3 Å². The van der Waals surface area contributed by atoms with E-state index in [1.165, 1.54) is 0 Å². The normalized spacial score (nSPS) is 13.0. The van der Waals surface area contributed by atoms with Gasteiger partial charge in [0.25, 0.3) is 0 Å². The van der Waals surface area contributed by atoms with Gasteiger partial charge in [-0.2, -0.15) is 0 Å². The molecule has 0 radical (unpaired) electrons. The van der Waals surface area contributed by atoms with Crippen molar-refractivity contribution in [2.45, 2.75) is 72.2 Å². The first kappa shape index (κ1) is 26.4. The summed E-state index contributed by atoms with van der Waals surface area (Å²) in [4.78, 5) is 4.68. The van der Waals surface area contributed by atoms with Crippen molar-refractivity contribution in [2.24, 2.45) is 10.4 Å². The van der Waals surface area contributed by atoms with Crippen molar-refractivity contribution in [2.75, 3.05) is 19.7 Å². The third-order valence-electron chi connectivity index (χ3n) is 5.40. The van der Waals surface area contributed by atoms with Crippen LogP contribution in [0.5, 0.6) is 0 Å². The van der Waals surface area contributed by atoms with Gasteiger partial charge in [0.2, 0.25) is 10.0 Å². The van der Waals surface area contributed by atoms with Gasteiger partial charge in [-0.3, -0.25) is 0 Å². The zero-order chi connectivity index (χ0) is 22.6. The lowest BCUT2D eigenvalue weighted by Gasteiger charge is -2.32. The zero-order valence-electron chi connectivity index (χ0n) is 19.2. The predicted molar refractivity (Wildman–Crippen MR) is 125 cm³/mol. The van der Waals surface area contributed by atoms with Crippen LogP contribution in [0.15, 0.2) is 29.3 Å². The molecule has 0 saturated heterocycles. The molecular formula is C22H40N4O3S. The molecule has 0 aromatic heterocycles. The van der Waals surface area contributed by atoms with Crippen LogP contribution < -0.4 is 15.4 Å². The summed E-state index contributed by atoms with van der Waals surface area (Å²) in [6, 6.07) is 7.37. The monoisotopic (exact) mass is 440 g/mol. The van der Waals surface area contributed by atoms with Gasteiger partial charge in [-0.05, 0) is 56.6 Å². The standard InChI is InChI=1S/C22H40N4O3S/c1-6-22(7-2,13-14-27)17-25-21(23-8-3)24-15-19-11-9-10-12-20(19)16-30(28,29)26-18(4)5/h9-12,18,26-27H,6-8,13-17H2,1-5H3,(H2,23,24,25). The molecule has 7 nitrogen and oxygen atoms in total. The predicted octanol–water partition coefficient (Wildman–Crippen LogP) is 2.76. The molecule has 0 aliphatic rings. The lowest BCUT2D eigenvalue weighted by atomic mass is 9.79. The highest BCUT2D eigenvalue weighted by molar-refractivity contribution is 7.88. The second kappa shape index (κ2) is 12.9. The number of guanidine groups is 1. The Morgan fingerprint density at radius 1 is 1.10 bits per heavy atom. The number of aliphatic imine (C=N–C) groups is 1. The van der Waals surface area contributed by atoms with Crippen LogP contribution in [0.1, 0.15) is 65.0 Å². The number of sulfonamides is 1. The average Bonchev–Trinajstić information content (AvgIpc) is 2.68. The Labute approximate surface area is 182 Å². The summed E-state index contributed by atoms with van der Waals surface area (Å²) in [6.07, 6.45) is 2.69. The molecule has 4 N–H and O–H groups in total. The number of benzene rings is 1. The number of hydrogen-bond acceptors (Lipinski definition) is 4. The summed E-state index contributed by atoms with van der Waals surface area (Å²) in [7, 11) is -3.40. The SMILES string of the molecule is CCNC(=NCc1ccccc1CS(=O)(=O)NC(C)C)NCC(CC)(CC)CCO. The van der Waals surface area contributed by atoms with E-state index in [2.05, 4.69) is 34.2 Å². The highest BCUT2D eigenvalue weighted by Gasteiger charge is 2.25. The molecule has 0 saturated carbocycles. The number of aliphatic hydroxyl groups excluding tert-OH is 1. The minimum atomic E-state index is -3.40. The second-order valence-corrected chi connectivity index (χ2v) is 9.78. The minimum absolute atomic E-state index is 0.0272. The molecule has 1 aromatic carbocycles. The maximum Gasteiger partial charge on any atom is 0.216 e. The molecule has 0 bridgehead atoms. The summed E-state index contributed by atoms with van der Waals surface area (Å²) in [5.41, 5.74) is 1.66. The van der Waals surface area contributed by atoms with Crippen molar-refractivity contribution in [1.29, 1.82) is 0 Å². The average molecular weight is 441 g/mol. The zero-order valence-corrected chi connectivity index (χ0v) is 20.0. The Balaban J connectivity index is 2.96. The number of rotatable bonds is 13. The molecule has 172 valence electrons. The van der Waals surface area contributed by atoms with Crippen LogP contribution in [0, 0.1) is 5.41 Å². The number of nitrogens with zero attached hydrogens (tertiary/aromatic N) is 1. The fraction of sp³-hybridized carbons (Fsp3) is 0.682. The van der Waals surface area contributed by atoms with Gasteiger partial charge in [-0.1, -0.05) is 38.1 Å². The van der Waals surface area contributed by atoms with Crippen molar-refractivity contribution < 1.29 is 13.5 Å². The largest absolute Gasteiger partial charge is 0.396 e. The van der Waals surface area contributed by atoms with Gasteiger partial charge in [0, 0.05) is 25.7 Å². The fourth-order valence-electron chi connectivity index (χ4n) is 3.41. The first-order chi connectivity index (χ1) is 14.2. The van der Waals surface area contributed by atoms with E-state index in [9.17, 15) is 13.5 Å². The Kier molecular flexibility index (Phi) is 11.4. The molecule has 1 aromatic rings. The third kappa shape index (κ3) is 9.02. The van der Waals surface area contributed by atoms with Gasteiger partial charge in [-0.15, -0.1) is 0 Å². The summed E-state index contributed by atoms with van der Waals surface area (Å²) < 4.78 is 27.3. The topological polar surface area (TPSA) is 103 Å². The van der Waals surface area contributed by atoms with E-state index in [0.29, 0.717) is 12.5 Å². The Hall–Kier alpha value is -1.64. The van der Waals surface area contributed by atoms with Gasteiger partial charge < -0.3 is 15.7 Å². The van der Waals surface area contributed by atoms with Crippen LogP contribution in [0.25, 0.3) is 0 Å². The minimum Gasteiger partial charge on any atom is -0.396 e.